The molecule has 132 valence electrons. The summed E-state index contributed by atoms with van der Waals surface area (Å²) in [6.45, 7) is 0.333. The minimum Gasteiger partial charge on any atom is -0.493 e. The van der Waals surface area contributed by atoms with Gasteiger partial charge in [-0.3, -0.25) is 9.36 Å². The van der Waals surface area contributed by atoms with Gasteiger partial charge in [0.2, 0.25) is 0 Å². The van der Waals surface area contributed by atoms with Crippen LogP contribution in [0.4, 0.5) is 0 Å². The standard InChI is InChI=1S/C18H16N4O4/c1-25-15-6-11-13(7-16(15)26-2)19-9-22(17(11)23)8-10-3-4-12-14(5-10)21-18(24)20-12/h3-7,9H,8H2,1-2H3,(H2,20,21,24). The van der Waals surface area contributed by atoms with Gasteiger partial charge >= 0.3 is 5.69 Å². The number of aromatic nitrogens is 4. The van der Waals surface area contributed by atoms with Gasteiger partial charge in [-0.2, -0.15) is 0 Å². The predicted octanol–water partition coefficient (Wildman–Crippen LogP) is 1.63. The summed E-state index contributed by atoms with van der Waals surface area (Å²) in [5.74, 6) is 0.995. The first-order chi connectivity index (χ1) is 12.6. The van der Waals surface area contributed by atoms with Crippen LogP contribution in [0.25, 0.3) is 21.9 Å². The average molecular weight is 352 g/mol. The molecule has 2 aromatic heterocycles. The highest BCUT2D eigenvalue weighted by Gasteiger charge is 2.11. The molecule has 4 aromatic rings. The maximum absolute atomic E-state index is 12.8. The largest absolute Gasteiger partial charge is 0.493 e. The Hall–Kier alpha value is -3.55. The summed E-state index contributed by atoms with van der Waals surface area (Å²) in [5, 5.41) is 0.446. The van der Waals surface area contributed by atoms with E-state index >= 15 is 0 Å². The van der Waals surface area contributed by atoms with E-state index in [2.05, 4.69) is 15.0 Å². The van der Waals surface area contributed by atoms with E-state index in [1.54, 1.807) is 18.2 Å². The number of nitrogens with one attached hydrogen (secondary N) is 2. The molecule has 26 heavy (non-hydrogen) atoms. The Morgan fingerprint density at radius 3 is 2.50 bits per heavy atom. The van der Waals surface area contributed by atoms with Crippen LogP contribution in [0.1, 0.15) is 5.56 Å². The van der Waals surface area contributed by atoms with Gasteiger partial charge in [0.05, 0.1) is 49.0 Å². The number of benzene rings is 2. The molecular formula is C18H16N4O4. The summed E-state index contributed by atoms with van der Waals surface area (Å²) in [7, 11) is 3.05. The van der Waals surface area contributed by atoms with Gasteiger partial charge < -0.3 is 19.4 Å². The smallest absolute Gasteiger partial charge is 0.323 e. The fraction of sp³-hybridized carbons (Fsp3) is 0.167. The van der Waals surface area contributed by atoms with Crippen LogP contribution in [0.15, 0.2) is 46.2 Å². The van der Waals surface area contributed by atoms with E-state index in [9.17, 15) is 9.59 Å². The van der Waals surface area contributed by atoms with Crippen LogP contribution in [-0.2, 0) is 6.54 Å². The van der Waals surface area contributed by atoms with Crippen molar-refractivity contribution >= 4 is 21.9 Å². The molecule has 0 aliphatic carbocycles. The number of nitrogens with zero attached hydrogens (tertiary/aromatic N) is 2. The van der Waals surface area contributed by atoms with Gasteiger partial charge in [0.1, 0.15) is 0 Å². The lowest BCUT2D eigenvalue weighted by molar-refractivity contribution is 0.355. The number of imidazole rings is 1. The van der Waals surface area contributed by atoms with Crippen LogP contribution in [0.2, 0.25) is 0 Å². The number of hydrogen-bond donors (Lipinski definition) is 2. The molecule has 0 radical (unpaired) electrons. The summed E-state index contributed by atoms with van der Waals surface area (Å²) in [5.41, 5.74) is 2.38. The molecule has 2 aromatic carbocycles. The summed E-state index contributed by atoms with van der Waals surface area (Å²) in [6.07, 6.45) is 1.50. The summed E-state index contributed by atoms with van der Waals surface area (Å²) in [6, 6.07) is 8.80. The highest BCUT2D eigenvalue weighted by molar-refractivity contribution is 5.81. The molecule has 8 nitrogen and oxygen atoms in total. The van der Waals surface area contributed by atoms with Crippen molar-refractivity contribution in [1.29, 1.82) is 0 Å². The summed E-state index contributed by atoms with van der Waals surface area (Å²) in [4.78, 5) is 34.0. The lowest BCUT2D eigenvalue weighted by atomic mass is 10.2. The molecule has 0 fully saturated rings. The first-order valence-electron chi connectivity index (χ1n) is 7.91. The molecule has 0 unspecified atom stereocenters. The van der Waals surface area contributed by atoms with Crippen LogP contribution in [-0.4, -0.2) is 33.7 Å². The van der Waals surface area contributed by atoms with Crippen molar-refractivity contribution in [3.05, 3.63) is 63.1 Å². The number of rotatable bonds is 4. The Kier molecular flexibility index (Phi) is 3.72. The van der Waals surface area contributed by atoms with Gasteiger partial charge in [0, 0.05) is 6.07 Å². The molecule has 2 heterocycles. The third kappa shape index (κ3) is 2.61. The normalized spacial score (nSPS) is 11.2. The number of hydrogen-bond acceptors (Lipinski definition) is 5. The topological polar surface area (TPSA) is 102 Å². The second-order valence-corrected chi connectivity index (χ2v) is 5.86. The van der Waals surface area contributed by atoms with Crippen molar-refractivity contribution < 1.29 is 9.47 Å². The highest BCUT2D eigenvalue weighted by Crippen LogP contribution is 2.29. The second kappa shape index (κ2) is 6.07. The third-order valence-electron chi connectivity index (χ3n) is 4.26. The van der Waals surface area contributed by atoms with Crippen LogP contribution in [0.5, 0.6) is 11.5 Å². The number of fused-ring (bicyclic) bond motifs is 2. The number of H-pyrrole nitrogens is 2. The van der Waals surface area contributed by atoms with Gasteiger partial charge in [-0.05, 0) is 23.8 Å². The molecule has 8 heteroatoms. The van der Waals surface area contributed by atoms with Crippen LogP contribution in [0, 0.1) is 0 Å². The van der Waals surface area contributed by atoms with E-state index in [4.69, 9.17) is 9.47 Å². The van der Waals surface area contributed by atoms with Crippen LogP contribution >= 0.6 is 0 Å². The van der Waals surface area contributed by atoms with Crippen molar-refractivity contribution in [2.75, 3.05) is 14.2 Å². The van der Waals surface area contributed by atoms with Gasteiger partial charge in [0.25, 0.3) is 5.56 Å². The molecule has 0 aliphatic heterocycles. The first kappa shape index (κ1) is 15.9. The molecule has 0 spiro atoms. The number of aromatic amines is 2. The Morgan fingerprint density at radius 2 is 1.73 bits per heavy atom. The number of methoxy groups -OCH3 is 2. The minimum absolute atomic E-state index is 0.182. The second-order valence-electron chi connectivity index (χ2n) is 5.86. The van der Waals surface area contributed by atoms with E-state index in [0.29, 0.717) is 34.5 Å². The third-order valence-corrected chi connectivity index (χ3v) is 4.26. The van der Waals surface area contributed by atoms with E-state index in [1.165, 1.54) is 25.1 Å². The SMILES string of the molecule is COc1cc2ncn(Cc3ccc4[nH]c(=O)[nH]c4c3)c(=O)c2cc1OC. The van der Waals surface area contributed by atoms with Crippen LogP contribution in [0.3, 0.4) is 0 Å². The summed E-state index contributed by atoms with van der Waals surface area (Å²) >= 11 is 0. The Labute approximate surface area is 147 Å². The van der Waals surface area contributed by atoms with E-state index in [-0.39, 0.29) is 11.2 Å². The predicted molar refractivity (Wildman–Crippen MR) is 97.1 cm³/mol. The zero-order valence-electron chi connectivity index (χ0n) is 14.2. The maximum atomic E-state index is 12.8. The van der Waals surface area contributed by atoms with Crippen molar-refractivity contribution in [2.45, 2.75) is 6.54 Å². The Bertz CT molecular complexity index is 1240. The van der Waals surface area contributed by atoms with E-state index in [1.807, 2.05) is 12.1 Å². The molecule has 0 saturated carbocycles. The average Bonchev–Trinajstić information content (AvgIpc) is 3.02. The van der Waals surface area contributed by atoms with Crippen molar-refractivity contribution in [3.63, 3.8) is 0 Å². The minimum atomic E-state index is -0.261. The first-order valence-corrected chi connectivity index (χ1v) is 7.91. The molecule has 0 amide bonds. The molecule has 0 saturated heterocycles. The highest BCUT2D eigenvalue weighted by atomic mass is 16.5. The summed E-state index contributed by atoms with van der Waals surface area (Å²) < 4.78 is 12.0. The fourth-order valence-corrected chi connectivity index (χ4v) is 2.97. The molecule has 4 rings (SSSR count). The van der Waals surface area contributed by atoms with Gasteiger partial charge in [-0.1, -0.05) is 6.07 Å². The van der Waals surface area contributed by atoms with Gasteiger partial charge in [0.15, 0.2) is 11.5 Å². The van der Waals surface area contributed by atoms with Crippen molar-refractivity contribution in [3.8, 4) is 11.5 Å². The van der Waals surface area contributed by atoms with E-state index < -0.39 is 0 Å². The number of ether oxygens (including phenoxy) is 2. The van der Waals surface area contributed by atoms with Crippen molar-refractivity contribution in [1.82, 2.24) is 19.5 Å². The molecular weight excluding hydrogens is 336 g/mol. The Balaban J connectivity index is 1.79. The Morgan fingerprint density at radius 1 is 1.00 bits per heavy atom. The zero-order chi connectivity index (χ0) is 18.3. The fourth-order valence-electron chi connectivity index (χ4n) is 2.97. The van der Waals surface area contributed by atoms with Gasteiger partial charge in [-0.25, -0.2) is 9.78 Å². The lowest BCUT2D eigenvalue weighted by Crippen LogP contribution is -2.21. The van der Waals surface area contributed by atoms with Crippen LogP contribution < -0.4 is 20.7 Å². The van der Waals surface area contributed by atoms with E-state index in [0.717, 1.165) is 11.1 Å². The van der Waals surface area contributed by atoms with Crippen molar-refractivity contribution in [2.24, 2.45) is 0 Å². The molecule has 0 aliphatic rings. The molecule has 2 N–H and O–H groups in total. The monoisotopic (exact) mass is 352 g/mol. The van der Waals surface area contributed by atoms with Gasteiger partial charge in [-0.15, -0.1) is 0 Å². The quantitative estimate of drug-likeness (QED) is 0.581. The molecule has 0 atom stereocenters. The molecule has 0 bridgehead atoms. The zero-order valence-corrected chi connectivity index (χ0v) is 14.2. The lowest BCUT2D eigenvalue weighted by Gasteiger charge is -2.10. The maximum Gasteiger partial charge on any atom is 0.323 e.